The lowest BCUT2D eigenvalue weighted by molar-refractivity contribution is -0.120. The molecule has 0 bridgehead atoms. The molecule has 0 aliphatic heterocycles. The van der Waals surface area contributed by atoms with E-state index in [1.807, 2.05) is 25.1 Å². The van der Waals surface area contributed by atoms with Gasteiger partial charge < -0.3 is 5.32 Å². The molecule has 0 spiro atoms. The molecule has 1 rings (SSSR count). The predicted octanol–water partition coefficient (Wildman–Crippen LogP) is 3.22. The van der Waals surface area contributed by atoms with E-state index in [0.717, 1.165) is 18.4 Å². The van der Waals surface area contributed by atoms with Crippen molar-refractivity contribution >= 4 is 21.8 Å². The molecule has 3 heteroatoms. The van der Waals surface area contributed by atoms with Crippen molar-refractivity contribution in [3.05, 3.63) is 35.4 Å². The molecule has 1 unspecified atom stereocenters. The minimum atomic E-state index is 0.0937. The molecule has 0 heterocycles. The van der Waals surface area contributed by atoms with Crippen molar-refractivity contribution in [2.75, 3.05) is 6.54 Å². The summed E-state index contributed by atoms with van der Waals surface area (Å²) in [6, 6.07) is 8.07. The molecule has 2 nitrogen and oxygen atoms in total. The largest absolute Gasteiger partial charge is 0.355 e. The molecule has 1 aromatic carbocycles. The van der Waals surface area contributed by atoms with Gasteiger partial charge in [-0.25, -0.2) is 0 Å². The van der Waals surface area contributed by atoms with E-state index < -0.39 is 0 Å². The molecule has 0 saturated carbocycles. The predicted molar refractivity (Wildman–Crippen MR) is 75.5 cm³/mol. The normalized spacial score (nSPS) is 12.2. The van der Waals surface area contributed by atoms with Crippen LogP contribution < -0.4 is 5.32 Å². The Morgan fingerprint density at radius 1 is 1.47 bits per heavy atom. The van der Waals surface area contributed by atoms with Crippen LogP contribution in [0.1, 0.15) is 30.9 Å². The van der Waals surface area contributed by atoms with Gasteiger partial charge in [0.1, 0.15) is 0 Å². The first kappa shape index (κ1) is 14.2. The molecule has 0 fully saturated rings. The second kappa shape index (κ2) is 7.49. The third-order valence-corrected chi connectivity index (χ3v) is 3.35. The van der Waals surface area contributed by atoms with Crippen molar-refractivity contribution in [3.8, 4) is 0 Å². The van der Waals surface area contributed by atoms with Gasteiger partial charge >= 0.3 is 0 Å². The molecule has 0 aliphatic rings. The number of rotatable bonds is 6. The summed E-state index contributed by atoms with van der Waals surface area (Å²) in [4.78, 5) is 12.1. The van der Waals surface area contributed by atoms with Crippen LogP contribution in [0.2, 0.25) is 0 Å². The average Bonchev–Trinajstić information content (AvgIpc) is 2.27. The lowest BCUT2D eigenvalue weighted by Gasteiger charge is -2.10. The Morgan fingerprint density at radius 2 is 2.24 bits per heavy atom. The number of carbonyl (C=O) groups is 1. The second-order valence-electron chi connectivity index (χ2n) is 4.36. The molecule has 94 valence electrons. The van der Waals surface area contributed by atoms with Crippen LogP contribution in [-0.2, 0) is 11.2 Å². The Balaban J connectivity index is 2.34. The summed E-state index contributed by atoms with van der Waals surface area (Å²) in [5.74, 6) is 0.0937. The number of amides is 1. The minimum absolute atomic E-state index is 0.0937. The first-order chi connectivity index (χ1) is 8.11. The monoisotopic (exact) mass is 297 g/mol. The van der Waals surface area contributed by atoms with E-state index in [-0.39, 0.29) is 5.91 Å². The second-order valence-corrected chi connectivity index (χ2v) is 5.65. The van der Waals surface area contributed by atoms with Gasteiger partial charge in [-0.3, -0.25) is 4.79 Å². The van der Waals surface area contributed by atoms with E-state index in [2.05, 4.69) is 34.2 Å². The summed E-state index contributed by atoms with van der Waals surface area (Å²) in [7, 11) is 0. The molecule has 0 radical (unpaired) electrons. The number of hydrogen-bond acceptors (Lipinski definition) is 1. The number of alkyl halides is 1. The third kappa shape index (κ3) is 5.87. The SMILES string of the molecule is CCCC(Br)CNC(=O)Cc1cccc(C)c1. The molecule has 1 aromatic rings. The van der Waals surface area contributed by atoms with Gasteiger partial charge in [0, 0.05) is 11.4 Å². The Bertz CT molecular complexity index is 365. The van der Waals surface area contributed by atoms with E-state index >= 15 is 0 Å². The number of halogens is 1. The lowest BCUT2D eigenvalue weighted by atomic mass is 10.1. The number of nitrogens with one attached hydrogen (secondary N) is 1. The smallest absolute Gasteiger partial charge is 0.224 e. The molecular weight excluding hydrogens is 278 g/mol. The van der Waals surface area contributed by atoms with Gasteiger partial charge in [0.15, 0.2) is 0 Å². The van der Waals surface area contributed by atoms with Crippen LogP contribution in [0, 0.1) is 6.92 Å². The maximum absolute atomic E-state index is 11.7. The van der Waals surface area contributed by atoms with E-state index in [0.29, 0.717) is 17.8 Å². The molecular formula is C14H20BrNO. The number of benzene rings is 1. The lowest BCUT2D eigenvalue weighted by Crippen LogP contribution is -2.30. The summed E-state index contributed by atoms with van der Waals surface area (Å²) in [6.07, 6.45) is 2.68. The minimum Gasteiger partial charge on any atom is -0.355 e. The molecule has 1 amide bonds. The number of aryl methyl sites for hydroxylation is 1. The highest BCUT2D eigenvalue weighted by Crippen LogP contribution is 2.07. The van der Waals surface area contributed by atoms with Crippen molar-refractivity contribution in [3.63, 3.8) is 0 Å². The molecule has 0 aliphatic carbocycles. The van der Waals surface area contributed by atoms with Gasteiger partial charge in [-0.05, 0) is 18.9 Å². The van der Waals surface area contributed by atoms with Gasteiger partial charge in [-0.15, -0.1) is 0 Å². The Kier molecular flexibility index (Phi) is 6.27. The standard InChI is InChI=1S/C14H20BrNO/c1-3-5-13(15)10-16-14(17)9-12-7-4-6-11(2)8-12/h4,6-8,13H,3,5,9-10H2,1-2H3,(H,16,17). The van der Waals surface area contributed by atoms with Crippen LogP contribution in [-0.4, -0.2) is 17.3 Å². The third-order valence-electron chi connectivity index (χ3n) is 2.57. The van der Waals surface area contributed by atoms with Gasteiger partial charge in [-0.1, -0.05) is 59.1 Å². The topological polar surface area (TPSA) is 29.1 Å². The Hall–Kier alpha value is -0.830. The van der Waals surface area contributed by atoms with Crippen molar-refractivity contribution in [1.29, 1.82) is 0 Å². The first-order valence-corrected chi connectivity index (χ1v) is 6.99. The fourth-order valence-corrected chi connectivity index (χ4v) is 2.33. The zero-order chi connectivity index (χ0) is 12.7. The van der Waals surface area contributed by atoms with Gasteiger partial charge in [-0.2, -0.15) is 0 Å². The zero-order valence-electron chi connectivity index (χ0n) is 10.5. The highest BCUT2D eigenvalue weighted by molar-refractivity contribution is 9.09. The van der Waals surface area contributed by atoms with Gasteiger partial charge in [0.25, 0.3) is 0 Å². The van der Waals surface area contributed by atoms with Crippen LogP contribution in [0.3, 0.4) is 0 Å². The van der Waals surface area contributed by atoms with Gasteiger partial charge in [0.05, 0.1) is 6.42 Å². The summed E-state index contributed by atoms with van der Waals surface area (Å²) >= 11 is 3.55. The molecule has 1 atom stereocenters. The maximum Gasteiger partial charge on any atom is 0.224 e. The fourth-order valence-electron chi connectivity index (χ4n) is 1.71. The Morgan fingerprint density at radius 3 is 2.88 bits per heavy atom. The van der Waals surface area contributed by atoms with Gasteiger partial charge in [0.2, 0.25) is 5.91 Å². The van der Waals surface area contributed by atoms with E-state index in [1.54, 1.807) is 0 Å². The summed E-state index contributed by atoms with van der Waals surface area (Å²) < 4.78 is 0. The van der Waals surface area contributed by atoms with Crippen LogP contribution in [0.25, 0.3) is 0 Å². The molecule has 0 aromatic heterocycles. The van der Waals surface area contributed by atoms with Crippen LogP contribution >= 0.6 is 15.9 Å². The highest BCUT2D eigenvalue weighted by Gasteiger charge is 2.06. The quantitative estimate of drug-likeness (QED) is 0.803. The summed E-state index contributed by atoms with van der Waals surface area (Å²) in [6.45, 7) is 4.89. The zero-order valence-corrected chi connectivity index (χ0v) is 12.1. The molecule has 0 saturated heterocycles. The van der Waals surface area contributed by atoms with E-state index in [1.165, 1.54) is 5.56 Å². The van der Waals surface area contributed by atoms with E-state index in [9.17, 15) is 4.79 Å². The van der Waals surface area contributed by atoms with Crippen LogP contribution in [0.5, 0.6) is 0 Å². The molecule has 1 N–H and O–H groups in total. The van der Waals surface area contributed by atoms with Crippen LogP contribution in [0.4, 0.5) is 0 Å². The van der Waals surface area contributed by atoms with E-state index in [4.69, 9.17) is 0 Å². The van der Waals surface area contributed by atoms with Crippen LogP contribution in [0.15, 0.2) is 24.3 Å². The Labute approximate surface area is 112 Å². The summed E-state index contributed by atoms with van der Waals surface area (Å²) in [5, 5.41) is 2.95. The number of hydrogen-bond donors (Lipinski definition) is 1. The number of carbonyl (C=O) groups excluding carboxylic acids is 1. The summed E-state index contributed by atoms with van der Waals surface area (Å²) in [5.41, 5.74) is 2.27. The molecule has 17 heavy (non-hydrogen) atoms. The first-order valence-electron chi connectivity index (χ1n) is 6.08. The fraction of sp³-hybridized carbons (Fsp3) is 0.500. The van der Waals surface area contributed by atoms with Crippen molar-refractivity contribution in [2.45, 2.75) is 37.9 Å². The highest BCUT2D eigenvalue weighted by atomic mass is 79.9. The van der Waals surface area contributed by atoms with Crippen molar-refractivity contribution in [2.24, 2.45) is 0 Å². The average molecular weight is 298 g/mol. The van der Waals surface area contributed by atoms with Crippen molar-refractivity contribution < 1.29 is 4.79 Å². The van der Waals surface area contributed by atoms with Crippen molar-refractivity contribution in [1.82, 2.24) is 5.32 Å². The maximum atomic E-state index is 11.7.